The molecule has 0 unspecified atom stereocenters. The van der Waals surface area contributed by atoms with Gasteiger partial charge in [0, 0.05) is 27.2 Å². The number of ether oxygens (including phenoxy) is 1. The lowest BCUT2D eigenvalue weighted by Gasteiger charge is -2.09. The first kappa shape index (κ1) is 25.2. The van der Waals surface area contributed by atoms with E-state index in [0.29, 0.717) is 22.3 Å². The van der Waals surface area contributed by atoms with E-state index in [0.717, 1.165) is 29.1 Å². The van der Waals surface area contributed by atoms with Gasteiger partial charge >= 0.3 is 5.97 Å². The Bertz CT molecular complexity index is 1150. The van der Waals surface area contributed by atoms with Gasteiger partial charge in [0.1, 0.15) is 5.00 Å². The lowest BCUT2D eigenvalue weighted by molar-refractivity contribution is -0.113. The molecule has 3 aromatic heterocycles. The molecule has 0 fully saturated rings. The van der Waals surface area contributed by atoms with Crippen molar-refractivity contribution in [1.29, 1.82) is 0 Å². The Labute approximate surface area is 206 Å². The van der Waals surface area contributed by atoms with Crippen LogP contribution in [-0.2, 0) is 28.9 Å². The Hall–Kier alpha value is -2.43. The summed E-state index contributed by atoms with van der Waals surface area (Å²) >= 11 is 4.41. The fraction of sp³-hybridized carbons (Fsp3) is 0.391. The van der Waals surface area contributed by atoms with Crippen molar-refractivity contribution < 1.29 is 14.3 Å². The second-order valence-corrected chi connectivity index (χ2v) is 10.3. The predicted octanol–water partition coefficient (Wildman–Crippen LogP) is 5.59. The molecule has 0 spiro atoms. The summed E-state index contributed by atoms with van der Waals surface area (Å²) in [4.78, 5) is 27.3. The average molecular weight is 505 g/mol. The zero-order chi connectivity index (χ0) is 24.0. The number of nitrogens with one attached hydrogen (secondary N) is 1. The molecule has 1 amide bonds. The third-order valence-electron chi connectivity index (χ3n) is 4.94. The highest BCUT2D eigenvalue weighted by Gasteiger charge is 2.21. The number of aromatic nitrogens is 3. The van der Waals surface area contributed by atoms with E-state index in [1.165, 1.54) is 33.5 Å². The monoisotopic (exact) mass is 504 g/mol. The molecule has 0 atom stereocenters. The molecule has 176 valence electrons. The first-order chi connectivity index (χ1) is 15.9. The van der Waals surface area contributed by atoms with Crippen LogP contribution in [0.25, 0.3) is 11.4 Å². The van der Waals surface area contributed by atoms with Crippen LogP contribution in [0.5, 0.6) is 0 Å². The van der Waals surface area contributed by atoms with Crippen molar-refractivity contribution in [1.82, 2.24) is 14.8 Å². The zero-order valence-electron chi connectivity index (χ0n) is 19.3. The van der Waals surface area contributed by atoms with Gasteiger partial charge in [0.2, 0.25) is 5.91 Å². The first-order valence-electron chi connectivity index (χ1n) is 10.8. The highest BCUT2D eigenvalue weighted by molar-refractivity contribution is 7.99. The summed E-state index contributed by atoms with van der Waals surface area (Å²) in [6.07, 6.45) is 3.49. The minimum absolute atomic E-state index is 0.139. The first-order valence-corrected chi connectivity index (χ1v) is 13.4. The average Bonchev–Trinajstić information content (AvgIpc) is 3.49. The largest absolute Gasteiger partial charge is 0.462 e. The van der Waals surface area contributed by atoms with Gasteiger partial charge < -0.3 is 10.1 Å². The van der Waals surface area contributed by atoms with E-state index in [2.05, 4.69) is 41.3 Å². The number of hydrogen-bond donors (Lipinski definition) is 1. The van der Waals surface area contributed by atoms with Crippen LogP contribution in [-0.4, -0.2) is 39.0 Å². The number of thiophene rings is 2. The second-order valence-electron chi connectivity index (χ2n) is 7.11. The van der Waals surface area contributed by atoms with Crippen LogP contribution in [0.15, 0.2) is 29.3 Å². The van der Waals surface area contributed by atoms with E-state index in [-0.39, 0.29) is 18.3 Å². The summed E-state index contributed by atoms with van der Waals surface area (Å²) in [5.74, 6) is 0.282. The topological polar surface area (TPSA) is 86.1 Å². The van der Waals surface area contributed by atoms with Crippen LogP contribution in [0, 0.1) is 6.92 Å². The maximum atomic E-state index is 12.7. The van der Waals surface area contributed by atoms with Crippen LogP contribution < -0.4 is 5.32 Å². The van der Waals surface area contributed by atoms with Gasteiger partial charge in [-0.3, -0.25) is 9.36 Å². The number of esters is 1. The molecule has 0 radical (unpaired) electrons. The van der Waals surface area contributed by atoms with Gasteiger partial charge in [0.05, 0.1) is 17.9 Å². The van der Waals surface area contributed by atoms with E-state index in [1.54, 1.807) is 30.4 Å². The van der Waals surface area contributed by atoms with Crippen LogP contribution in [0.3, 0.4) is 0 Å². The molecule has 3 heterocycles. The molecule has 1 N–H and O–H groups in total. The normalized spacial score (nSPS) is 10.9. The third-order valence-corrected chi connectivity index (χ3v) is 8.05. The molecule has 33 heavy (non-hydrogen) atoms. The number of anilines is 1. The van der Waals surface area contributed by atoms with E-state index in [1.807, 2.05) is 11.5 Å². The Balaban J connectivity index is 1.76. The smallest absolute Gasteiger partial charge is 0.341 e. The minimum Gasteiger partial charge on any atom is -0.462 e. The Kier molecular flexibility index (Phi) is 8.87. The van der Waals surface area contributed by atoms with Gasteiger partial charge in [-0.25, -0.2) is 4.79 Å². The van der Waals surface area contributed by atoms with Gasteiger partial charge in [-0.05, 0) is 38.3 Å². The fourth-order valence-electron chi connectivity index (χ4n) is 3.36. The zero-order valence-corrected chi connectivity index (χ0v) is 21.7. The predicted molar refractivity (Wildman–Crippen MR) is 137 cm³/mol. The number of nitrogens with zero attached hydrogens (tertiary/aromatic N) is 3. The summed E-state index contributed by atoms with van der Waals surface area (Å²) < 4.78 is 7.11. The number of carbonyl (C=O) groups is 2. The van der Waals surface area contributed by atoms with Crippen LogP contribution in [0.4, 0.5) is 5.00 Å². The molecule has 0 bridgehead atoms. The van der Waals surface area contributed by atoms with Crippen molar-refractivity contribution in [3.63, 3.8) is 0 Å². The van der Waals surface area contributed by atoms with Crippen LogP contribution in [0.2, 0.25) is 0 Å². The number of allylic oxidation sites excluding steroid dienone is 1. The molecule has 0 saturated carbocycles. The molecule has 0 saturated heterocycles. The number of carbonyl (C=O) groups excluding carboxylic acids is 2. The maximum absolute atomic E-state index is 12.7. The molecule has 0 aliphatic heterocycles. The minimum atomic E-state index is -0.426. The van der Waals surface area contributed by atoms with Crippen molar-refractivity contribution in [3.8, 4) is 11.4 Å². The van der Waals surface area contributed by atoms with Gasteiger partial charge in [-0.2, -0.15) is 0 Å². The third kappa shape index (κ3) is 5.74. The molecule has 3 rings (SSSR count). The van der Waals surface area contributed by atoms with Gasteiger partial charge in [-0.1, -0.05) is 31.7 Å². The summed E-state index contributed by atoms with van der Waals surface area (Å²) in [5.41, 5.74) is 2.74. The molecule has 10 heteroatoms. The molecular formula is C23H28N4O3S3. The van der Waals surface area contributed by atoms with Crippen LogP contribution in [0.1, 0.15) is 46.4 Å². The lowest BCUT2D eigenvalue weighted by Crippen LogP contribution is -2.16. The number of rotatable bonds is 11. The Morgan fingerprint density at radius 2 is 2.06 bits per heavy atom. The molecule has 3 aromatic rings. The highest BCUT2D eigenvalue weighted by atomic mass is 32.2. The molecule has 0 aliphatic rings. The maximum Gasteiger partial charge on any atom is 0.341 e. The standard InChI is InChI=1S/C23H28N4O3S3/c1-6-10-27-20(18-12-31-14(5)16(18)8-3)25-26-23(27)32-13-19(28)24-21-17(22(29)30-9-4)11-15(7-2)33-21/h6,11-12H,1,7-10,13H2,2-5H3,(H,24,28). The van der Waals surface area contributed by atoms with Crippen molar-refractivity contribution in [2.24, 2.45) is 0 Å². The van der Waals surface area contributed by atoms with E-state index in [9.17, 15) is 9.59 Å². The molecule has 0 aliphatic carbocycles. The second kappa shape index (κ2) is 11.6. The highest BCUT2D eigenvalue weighted by Crippen LogP contribution is 2.33. The van der Waals surface area contributed by atoms with Gasteiger partial charge in [0.15, 0.2) is 11.0 Å². The van der Waals surface area contributed by atoms with Crippen molar-refractivity contribution in [3.05, 3.63) is 45.0 Å². The fourth-order valence-corrected chi connectivity index (χ4v) is 6.04. The quantitative estimate of drug-likeness (QED) is 0.208. The Morgan fingerprint density at radius 1 is 1.27 bits per heavy atom. The van der Waals surface area contributed by atoms with Crippen molar-refractivity contribution in [2.45, 2.75) is 52.2 Å². The number of hydrogen-bond acceptors (Lipinski definition) is 8. The van der Waals surface area contributed by atoms with Crippen LogP contribution >= 0.6 is 34.4 Å². The van der Waals surface area contributed by atoms with Gasteiger partial charge in [-0.15, -0.1) is 39.4 Å². The number of aryl methyl sites for hydroxylation is 2. The van der Waals surface area contributed by atoms with Crippen molar-refractivity contribution >= 4 is 51.3 Å². The molecular weight excluding hydrogens is 476 g/mol. The van der Waals surface area contributed by atoms with Crippen molar-refractivity contribution in [2.75, 3.05) is 17.7 Å². The molecule has 0 aromatic carbocycles. The lowest BCUT2D eigenvalue weighted by atomic mass is 10.1. The number of thioether (sulfide) groups is 1. The number of amides is 1. The van der Waals surface area contributed by atoms with E-state index < -0.39 is 5.97 Å². The van der Waals surface area contributed by atoms with E-state index >= 15 is 0 Å². The summed E-state index contributed by atoms with van der Waals surface area (Å²) in [5, 5.41) is 14.9. The SMILES string of the molecule is C=CCn1c(SCC(=O)Nc2sc(CC)cc2C(=O)OCC)nnc1-c1csc(C)c1CC. The summed E-state index contributed by atoms with van der Waals surface area (Å²) in [6.45, 7) is 12.7. The van der Waals surface area contributed by atoms with E-state index in [4.69, 9.17) is 4.74 Å². The Morgan fingerprint density at radius 3 is 2.73 bits per heavy atom. The summed E-state index contributed by atoms with van der Waals surface area (Å²) in [6, 6.07) is 1.78. The molecule has 7 nitrogen and oxygen atoms in total. The van der Waals surface area contributed by atoms with Gasteiger partial charge in [0.25, 0.3) is 0 Å². The summed E-state index contributed by atoms with van der Waals surface area (Å²) in [7, 11) is 0.